The number of fused-ring (bicyclic) bond motifs is 1. The number of para-hydroxylation sites is 1. The van der Waals surface area contributed by atoms with Crippen molar-refractivity contribution >= 4 is 16.8 Å². The molecule has 4 heteroatoms. The zero-order valence-electron chi connectivity index (χ0n) is 13.7. The monoisotopic (exact) mass is 312 g/mol. The maximum absolute atomic E-state index is 12.8. The highest BCUT2D eigenvalue weighted by Gasteiger charge is 2.27. The third-order valence-corrected chi connectivity index (χ3v) is 4.29. The van der Waals surface area contributed by atoms with Crippen LogP contribution in [0.15, 0.2) is 30.3 Å². The lowest BCUT2D eigenvalue weighted by Gasteiger charge is -2.19. The van der Waals surface area contributed by atoms with Gasteiger partial charge in [0.05, 0.1) is 23.7 Å². The number of aromatic nitrogens is 1. The lowest BCUT2D eigenvalue weighted by atomic mass is 10.0. The summed E-state index contributed by atoms with van der Waals surface area (Å²) in [5.41, 5.74) is 2.55. The van der Waals surface area contributed by atoms with Crippen molar-refractivity contribution in [2.45, 2.75) is 45.1 Å². The van der Waals surface area contributed by atoms with E-state index < -0.39 is 0 Å². The Morgan fingerprint density at radius 2 is 2.09 bits per heavy atom. The number of pyridine rings is 1. The molecule has 1 heterocycles. The van der Waals surface area contributed by atoms with Gasteiger partial charge in [-0.1, -0.05) is 32.0 Å². The highest BCUT2D eigenvalue weighted by Crippen LogP contribution is 2.40. The Morgan fingerprint density at radius 1 is 1.35 bits per heavy atom. The number of amides is 1. The van der Waals surface area contributed by atoms with Crippen LogP contribution in [0.25, 0.3) is 10.9 Å². The van der Waals surface area contributed by atoms with E-state index in [0.717, 1.165) is 35.9 Å². The third kappa shape index (κ3) is 3.70. The summed E-state index contributed by atoms with van der Waals surface area (Å²) in [7, 11) is 0. The van der Waals surface area contributed by atoms with Crippen molar-refractivity contribution in [2.75, 3.05) is 6.61 Å². The molecule has 1 aromatic heterocycles. The van der Waals surface area contributed by atoms with Gasteiger partial charge in [0.25, 0.3) is 5.91 Å². The molecule has 4 nitrogen and oxygen atoms in total. The predicted octanol–water partition coefficient (Wildman–Crippen LogP) is 3.25. The second-order valence-electron chi connectivity index (χ2n) is 6.87. The number of carbonyl (C=O) groups excluding carboxylic acids is 1. The average Bonchev–Trinajstić information content (AvgIpc) is 3.37. The molecule has 0 spiro atoms. The number of aliphatic hydroxyl groups excluding tert-OH is 1. The highest BCUT2D eigenvalue weighted by atomic mass is 16.3. The Morgan fingerprint density at radius 3 is 2.74 bits per heavy atom. The third-order valence-electron chi connectivity index (χ3n) is 4.29. The first-order chi connectivity index (χ1) is 11.1. The molecule has 1 aliphatic rings. The van der Waals surface area contributed by atoms with Crippen LogP contribution in [0.1, 0.15) is 55.1 Å². The molecule has 0 unspecified atom stereocenters. The van der Waals surface area contributed by atoms with E-state index in [1.807, 2.05) is 30.3 Å². The van der Waals surface area contributed by atoms with Gasteiger partial charge in [-0.3, -0.25) is 9.78 Å². The fraction of sp³-hybridized carbons (Fsp3) is 0.474. The average molecular weight is 312 g/mol. The van der Waals surface area contributed by atoms with Gasteiger partial charge in [-0.25, -0.2) is 0 Å². The standard InChI is InChI=1S/C19H24N2O2/c1-12(2)9-14(11-22)20-19(23)16-10-18(13-7-8-13)21-17-6-4-3-5-15(16)17/h3-6,10,12-14,22H,7-9,11H2,1-2H3,(H,20,23)/t14-/m1/s1. The van der Waals surface area contributed by atoms with Crippen LogP contribution >= 0.6 is 0 Å². The molecule has 1 saturated carbocycles. The number of hydrogen-bond acceptors (Lipinski definition) is 3. The van der Waals surface area contributed by atoms with Crippen LogP contribution in [0.3, 0.4) is 0 Å². The van der Waals surface area contributed by atoms with Crippen LogP contribution in [0, 0.1) is 5.92 Å². The molecule has 1 fully saturated rings. The van der Waals surface area contributed by atoms with Crippen LogP contribution in [0.5, 0.6) is 0 Å². The lowest BCUT2D eigenvalue weighted by Crippen LogP contribution is -2.38. The molecule has 1 aliphatic carbocycles. The molecule has 0 radical (unpaired) electrons. The maximum atomic E-state index is 12.8. The van der Waals surface area contributed by atoms with Crippen LogP contribution in [-0.4, -0.2) is 28.6 Å². The van der Waals surface area contributed by atoms with Gasteiger partial charge >= 0.3 is 0 Å². The molecule has 3 rings (SSSR count). The van der Waals surface area contributed by atoms with E-state index in [-0.39, 0.29) is 18.6 Å². The van der Waals surface area contributed by atoms with Crippen molar-refractivity contribution in [2.24, 2.45) is 5.92 Å². The first-order valence-corrected chi connectivity index (χ1v) is 8.40. The number of rotatable bonds is 6. The predicted molar refractivity (Wildman–Crippen MR) is 91.5 cm³/mol. The zero-order chi connectivity index (χ0) is 16.4. The molecule has 0 saturated heterocycles. The SMILES string of the molecule is CC(C)C[C@H](CO)NC(=O)c1cc(C2CC2)nc2ccccc12. The summed E-state index contributed by atoms with van der Waals surface area (Å²) < 4.78 is 0. The van der Waals surface area contributed by atoms with Gasteiger partial charge in [0.1, 0.15) is 0 Å². The van der Waals surface area contributed by atoms with Crippen molar-refractivity contribution in [1.82, 2.24) is 10.3 Å². The Labute approximate surface area is 136 Å². The number of carbonyl (C=O) groups is 1. The smallest absolute Gasteiger partial charge is 0.252 e. The van der Waals surface area contributed by atoms with E-state index in [1.54, 1.807) is 0 Å². The van der Waals surface area contributed by atoms with Gasteiger partial charge in [-0.05, 0) is 37.3 Å². The maximum Gasteiger partial charge on any atom is 0.252 e. The minimum absolute atomic E-state index is 0.0393. The second-order valence-corrected chi connectivity index (χ2v) is 6.87. The van der Waals surface area contributed by atoms with Gasteiger partial charge in [0.15, 0.2) is 0 Å². The molecular formula is C19H24N2O2. The topological polar surface area (TPSA) is 62.2 Å². The summed E-state index contributed by atoms with van der Waals surface area (Å²) in [4.78, 5) is 17.5. The Balaban J connectivity index is 1.92. The second kappa shape index (κ2) is 6.67. The summed E-state index contributed by atoms with van der Waals surface area (Å²) in [6.45, 7) is 4.13. The molecule has 1 aromatic carbocycles. The largest absolute Gasteiger partial charge is 0.394 e. The van der Waals surface area contributed by atoms with Crippen molar-refractivity contribution < 1.29 is 9.90 Å². The molecule has 0 bridgehead atoms. The molecule has 1 amide bonds. The van der Waals surface area contributed by atoms with Crippen molar-refractivity contribution in [3.63, 3.8) is 0 Å². The fourth-order valence-electron chi connectivity index (χ4n) is 2.98. The van der Waals surface area contributed by atoms with E-state index in [9.17, 15) is 9.90 Å². The first-order valence-electron chi connectivity index (χ1n) is 8.40. The minimum Gasteiger partial charge on any atom is -0.394 e. The van der Waals surface area contributed by atoms with Crippen LogP contribution in [0.4, 0.5) is 0 Å². The van der Waals surface area contributed by atoms with Crippen LogP contribution in [-0.2, 0) is 0 Å². The minimum atomic E-state index is -0.209. The van der Waals surface area contributed by atoms with Crippen molar-refractivity contribution in [3.8, 4) is 0 Å². The Kier molecular flexibility index (Phi) is 4.62. The highest BCUT2D eigenvalue weighted by molar-refractivity contribution is 6.06. The van der Waals surface area contributed by atoms with Gasteiger partial charge < -0.3 is 10.4 Å². The molecule has 1 atom stereocenters. The number of aliphatic hydroxyl groups is 1. The van der Waals surface area contributed by atoms with Crippen molar-refractivity contribution in [3.05, 3.63) is 41.6 Å². The fourth-order valence-corrected chi connectivity index (χ4v) is 2.98. The number of nitrogens with one attached hydrogen (secondary N) is 1. The number of hydrogen-bond donors (Lipinski definition) is 2. The molecular weight excluding hydrogens is 288 g/mol. The summed E-state index contributed by atoms with van der Waals surface area (Å²) in [5.74, 6) is 0.796. The van der Waals surface area contributed by atoms with Gasteiger partial charge in [-0.15, -0.1) is 0 Å². The Bertz CT molecular complexity index is 708. The van der Waals surface area contributed by atoms with E-state index in [1.165, 1.54) is 0 Å². The normalized spacial score (nSPS) is 15.8. The van der Waals surface area contributed by atoms with Gasteiger partial charge in [-0.2, -0.15) is 0 Å². The summed E-state index contributed by atoms with van der Waals surface area (Å²) in [6.07, 6.45) is 3.07. The summed E-state index contributed by atoms with van der Waals surface area (Å²) in [6, 6.07) is 9.48. The molecule has 122 valence electrons. The molecule has 2 N–H and O–H groups in total. The first kappa shape index (κ1) is 15.9. The molecule has 0 aliphatic heterocycles. The quantitative estimate of drug-likeness (QED) is 0.860. The van der Waals surface area contributed by atoms with E-state index in [4.69, 9.17) is 4.98 Å². The van der Waals surface area contributed by atoms with E-state index in [0.29, 0.717) is 17.4 Å². The number of nitrogens with zero attached hydrogens (tertiary/aromatic N) is 1. The Hall–Kier alpha value is -1.94. The van der Waals surface area contributed by atoms with Gasteiger partial charge in [0.2, 0.25) is 0 Å². The number of benzene rings is 1. The zero-order valence-corrected chi connectivity index (χ0v) is 13.7. The van der Waals surface area contributed by atoms with E-state index >= 15 is 0 Å². The summed E-state index contributed by atoms with van der Waals surface area (Å²) >= 11 is 0. The molecule has 23 heavy (non-hydrogen) atoms. The molecule has 2 aromatic rings. The van der Waals surface area contributed by atoms with E-state index in [2.05, 4.69) is 19.2 Å². The van der Waals surface area contributed by atoms with Crippen molar-refractivity contribution in [1.29, 1.82) is 0 Å². The van der Waals surface area contributed by atoms with Gasteiger partial charge in [0, 0.05) is 17.0 Å². The summed E-state index contributed by atoms with van der Waals surface area (Å²) in [5, 5.41) is 13.4. The lowest BCUT2D eigenvalue weighted by molar-refractivity contribution is 0.0910. The van der Waals surface area contributed by atoms with Crippen LogP contribution in [0.2, 0.25) is 0 Å². The van der Waals surface area contributed by atoms with Crippen LogP contribution < -0.4 is 5.32 Å².